The van der Waals surface area contributed by atoms with Crippen molar-refractivity contribution in [1.82, 2.24) is 20.2 Å². The van der Waals surface area contributed by atoms with Crippen molar-refractivity contribution < 1.29 is 0 Å². The average Bonchev–Trinajstić information content (AvgIpc) is 2.63. The molecule has 0 fully saturated rings. The number of aryl methyl sites for hydroxylation is 3. The third-order valence-electron chi connectivity index (χ3n) is 2.69. The summed E-state index contributed by atoms with van der Waals surface area (Å²) in [5.74, 6) is 1.74. The maximum atomic E-state index is 4.43. The van der Waals surface area contributed by atoms with Crippen molar-refractivity contribution in [3.8, 4) is 0 Å². The number of H-pyrrole nitrogens is 1. The summed E-state index contributed by atoms with van der Waals surface area (Å²) in [7, 11) is 2.02. The highest BCUT2D eigenvalue weighted by molar-refractivity contribution is 5.39. The van der Waals surface area contributed by atoms with E-state index in [9.17, 15) is 0 Å². The zero-order valence-electron chi connectivity index (χ0n) is 10.7. The molecule has 2 rings (SSSR count). The Morgan fingerprint density at radius 3 is 2.59 bits per heavy atom. The molecule has 0 saturated carbocycles. The molecule has 17 heavy (non-hydrogen) atoms. The molecule has 5 nitrogen and oxygen atoms in total. The smallest absolute Gasteiger partial charge is 0.132 e. The van der Waals surface area contributed by atoms with Gasteiger partial charge in [0.05, 0.1) is 6.20 Å². The summed E-state index contributed by atoms with van der Waals surface area (Å²) >= 11 is 0. The van der Waals surface area contributed by atoms with Gasteiger partial charge in [0, 0.05) is 36.6 Å². The molecule has 0 atom stereocenters. The molecule has 0 aliphatic heterocycles. The van der Waals surface area contributed by atoms with Crippen LogP contribution in [0.5, 0.6) is 0 Å². The molecule has 0 spiro atoms. The molecule has 0 aliphatic rings. The number of aromatic amines is 1. The Hall–Kier alpha value is -1.91. The van der Waals surface area contributed by atoms with Gasteiger partial charge in [0.25, 0.3) is 0 Å². The first kappa shape index (κ1) is 11.6. The van der Waals surface area contributed by atoms with Gasteiger partial charge in [0.2, 0.25) is 0 Å². The molecule has 1 N–H and O–H groups in total. The number of nitrogens with one attached hydrogen (secondary N) is 1. The molecule has 0 aromatic carbocycles. The van der Waals surface area contributed by atoms with Gasteiger partial charge in [-0.3, -0.25) is 5.10 Å². The van der Waals surface area contributed by atoms with E-state index in [1.807, 2.05) is 40.1 Å². The second-order valence-corrected chi connectivity index (χ2v) is 4.29. The Kier molecular flexibility index (Phi) is 3.08. The monoisotopic (exact) mass is 231 g/mol. The van der Waals surface area contributed by atoms with E-state index < -0.39 is 0 Å². The molecule has 5 heteroatoms. The van der Waals surface area contributed by atoms with Crippen molar-refractivity contribution in [2.45, 2.75) is 27.3 Å². The predicted octanol–water partition coefficient (Wildman–Crippen LogP) is 1.76. The highest BCUT2D eigenvalue weighted by atomic mass is 15.2. The fourth-order valence-electron chi connectivity index (χ4n) is 1.76. The van der Waals surface area contributed by atoms with Crippen LogP contribution in [0.15, 0.2) is 12.3 Å². The van der Waals surface area contributed by atoms with E-state index in [0.29, 0.717) is 0 Å². The fourth-order valence-corrected chi connectivity index (χ4v) is 1.76. The molecular weight excluding hydrogens is 214 g/mol. The van der Waals surface area contributed by atoms with E-state index in [1.54, 1.807) is 0 Å². The van der Waals surface area contributed by atoms with Crippen molar-refractivity contribution in [2.75, 3.05) is 11.9 Å². The Balaban J connectivity index is 2.20. The van der Waals surface area contributed by atoms with Crippen LogP contribution in [0.25, 0.3) is 0 Å². The largest absolute Gasteiger partial charge is 0.355 e. The van der Waals surface area contributed by atoms with Gasteiger partial charge in [-0.05, 0) is 20.8 Å². The lowest BCUT2D eigenvalue weighted by atomic mass is 10.2. The second kappa shape index (κ2) is 4.53. The van der Waals surface area contributed by atoms with Crippen molar-refractivity contribution in [3.05, 3.63) is 35.0 Å². The summed E-state index contributed by atoms with van der Waals surface area (Å²) in [4.78, 5) is 10.8. The van der Waals surface area contributed by atoms with Crippen LogP contribution in [0.4, 0.5) is 5.82 Å². The first-order valence-electron chi connectivity index (χ1n) is 5.58. The van der Waals surface area contributed by atoms with Gasteiger partial charge in [0.15, 0.2) is 0 Å². The molecule has 90 valence electrons. The Morgan fingerprint density at radius 1 is 1.24 bits per heavy atom. The van der Waals surface area contributed by atoms with Crippen molar-refractivity contribution >= 4 is 5.82 Å². The van der Waals surface area contributed by atoms with Crippen molar-refractivity contribution in [2.24, 2.45) is 0 Å². The molecule has 0 amide bonds. The highest BCUT2D eigenvalue weighted by Gasteiger charge is 2.08. The Labute approximate surface area is 101 Å². The lowest BCUT2D eigenvalue weighted by molar-refractivity contribution is 0.867. The molecule has 2 heterocycles. The zero-order valence-corrected chi connectivity index (χ0v) is 10.7. The van der Waals surface area contributed by atoms with Gasteiger partial charge in [-0.25, -0.2) is 9.97 Å². The summed E-state index contributed by atoms with van der Waals surface area (Å²) in [6.45, 7) is 6.70. The summed E-state index contributed by atoms with van der Waals surface area (Å²) in [5.41, 5.74) is 3.27. The fraction of sp³-hybridized carbons (Fsp3) is 0.417. The van der Waals surface area contributed by atoms with Gasteiger partial charge >= 0.3 is 0 Å². The van der Waals surface area contributed by atoms with Crippen molar-refractivity contribution in [3.63, 3.8) is 0 Å². The molecule has 0 unspecified atom stereocenters. The van der Waals surface area contributed by atoms with Crippen LogP contribution >= 0.6 is 0 Å². The van der Waals surface area contributed by atoms with Crippen LogP contribution in [0.2, 0.25) is 0 Å². The lowest BCUT2D eigenvalue weighted by Gasteiger charge is -2.18. The normalized spacial score (nSPS) is 10.6. The van der Waals surface area contributed by atoms with Gasteiger partial charge in [0.1, 0.15) is 11.6 Å². The van der Waals surface area contributed by atoms with E-state index in [2.05, 4.69) is 25.1 Å². The first-order chi connectivity index (χ1) is 8.06. The highest BCUT2D eigenvalue weighted by Crippen LogP contribution is 2.14. The van der Waals surface area contributed by atoms with Crippen LogP contribution in [0, 0.1) is 20.8 Å². The third-order valence-corrected chi connectivity index (χ3v) is 2.69. The number of anilines is 1. The number of nitrogens with zero attached hydrogens (tertiary/aromatic N) is 4. The quantitative estimate of drug-likeness (QED) is 0.874. The van der Waals surface area contributed by atoms with E-state index >= 15 is 0 Å². The topological polar surface area (TPSA) is 57.7 Å². The third kappa shape index (κ3) is 2.61. The molecule has 0 bridgehead atoms. The number of hydrogen-bond acceptors (Lipinski definition) is 4. The standard InChI is InChI=1S/C12H17N5/c1-8-5-12(15-10(3)14-8)17(4)7-11-6-13-16-9(11)2/h5-6H,7H2,1-4H3,(H,13,16). The van der Waals surface area contributed by atoms with Crippen molar-refractivity contribution in [1.29, 1.82) is 0 Å². The van der Waals surface area contributed by atoms with Crippen LogP contribution in [-0.4, -0.2) is 27.2 Å². The van der Waals surface area contributed by atoms with Gasteiger partial charge in [-0.2, -0.15) is 5.10 Å². The zero-order chi connectivity index (χ0) is 12.4. The lowest BCUT2D eigenvalue weighted by Crippen LogP contribution is -2.18. The molecule has 0 radical (unpaired) electrons. The van der Waals surface area contributed by atoms with E-state index in [4.69, 9.17) is 0 Å². The van der Waals surface area contributed by atoms with Crippen LogP contribution in [0.3, 0.4) is 0 Å². The Bertz CT molecular complexity index is 497. The number of aromatic nitrogens is 4. The van der Waals surface area contributed by atoms with Crippen LogP contribution in [0.1, 0.15) is 22.8 Å². The predicted molar refractivity (Wildman–Crippen MR) is 66.9 cm³/mol. The minimum atomic E-state index is 0.790. The van der Waals surface area contributed by atoms with Gasteiger partial charge in [-0.1, -0.05) is 0 Å². The molecular formula is C12H17N5. The SMILES string of the molecule is Cc1cc(N(C)Cc2cn[nH]c2C)nc(C)n1. The second-order valence-electron chi connectivity index (χ2n) is 4.29. The molecule has 0 saturated heterocycles. The van der Waals surface area contributed by atoms with E-state index in [0.717, 1.165) is 29.6 Å². The van der Waals surface area contributed by atoms with Gasteiger partial charge < -0.3 is 4.90 Å². The van der Waals surface area contributed by atoms with E-state index in [1.165, 1.54) is 5.56 Å². The van der Waals surface area contributed by atoms with E-state index in [-0.39, 0.29) is 0 Å². The van der Waals surface area contributed by atoms with Crippen LogP contribution in [-0.2, 0) is 6.54 Å². The molecule has 2 aromatic rings. The summed E-state index contributed by atoms with van der Waals surface area (Å²) in [5, 5.41) is 6.96. The van der Waals surface area contributed by atoms with Crippen LogP contribution < -0.4 is 4.90 Å². The molecule has 2 aromatic heterocycles. The minimum Gasteiger partial charge on any atom is -0.355 e. The maximum Gasteiger partial charge on any atom is 0.132 e. The summed E-state index contributed by atoms with van der Waals surface area (Å²) in [6.07, 6.45) is 1.85. The first-order valence-corrected chi connectivity index (χ1v) is 5.58. The summed E-state index contributed by atoms with van der Waals surface area (Å²) in [6, 6.07) is 1.99. The number of rotatable bonds is 3. The maximum absolute atomic E-state index is 4.43. The van der Waals surface area contributed by atoms with Gasteiger partial charge in [-0.15, -0.1) is 0 Å². The summed E-state index contributed by atoms with van der Waals surface area (Å²) < 4.78 is 0. The average molecular weight is 231 g/mol. The molecule has 0 aliphatic carbocycles. The number of hydrogen-bond donors (Lipinski definition) is 1. The minimum absolute atomic E-state index is 0.790. The Morgan fingerprint density at radius 2 is 2.00 bits per heavy atom.